The van der Waals surface area contributed by atoms with Crippen molar-refractivity contribution in [3.63, 3.8) is 0 Å². The van der Waals surface area contributed by atoms with Crippen molar-refractivity contribution < 1.29 is 9.53 Å². The fourth-order valence-corrected chi connectivity index (χ4v) is 1.99. The number of esters is 1. The van der Waals surface area contributed by atoms with Gasteiger partial charge in [0, 0.05) is 10.9 Å². The Hall–Kier alpha value is -2.10. The Morgan fingerprint density at radius 2 is 1.95 bits per heavy atom. The number of pyridine rings is 1. The van der Waals surface area contributed by atoms with Crippen LogP contribution >= 0.6 is 0 Å². The first-order valence-corrected chi connectivity index (χ1v) is 6.58. The molecule has 0 amide bonds. The van der Waals surface area contributed by atoms with E-state index in [1.165, 1.54) is 7.11 Å². The van der Waals surface area contributed by atoms with E-state index in [4.69, 9.17) is 4.74 Å². The Kier molecular flexibility index (Phi) is 3.66. The van der Waals surface area contributed by atoms with Gasteiger partial charge in [-0.1, -0.05) is 12.1 Å². The van der Waals surface area contributed by atoms with Crippen molar-refractivity contribution in [1.82, 2.24) is 4.98 Å². The van der Waals surface area contributed by atoms with Crippen LogP contribution in [0.2, 0.25) is 0 Å². The molecule has 0 fully saturated rings. The van der Waals surface area contributed by atoms with Crippen molar-refractivity contribution in [1.29, 1.82) is 0 Å². The van der Waals surface area contributed by atoms with E-state index in [9.17, 15) is 4.79 Å². The lowest BCUT2D eigenvalue weighted by atomic mass is 10.1. The summed E-state index contributed by atoms with van der Waals surface area (Å²) in [7, 11) is 1.38. The zero-order valence-corrected chi connectivity index (χ0v) is 12.6. The largest absolute Gasteiger partial charge is 0.465 e. The van der Waals surface area contributed by atoms with Crippen molar-refractivity contribution in [2.75, 3.05) is 12.4 Å². The molecule has 20 heavy (non-hydrogen) atoms. The quantitative estimate of drug-likeness (QED) is 0.850. The van der Waals surface area contributed by atoms with Crippen LogP contribution in [0.5, 0.6) is 0 Å². The summed E-state index contributed by atoms with van der Waals surface area (Å²) in [5, 5.41) is 4.19. The number of anilines is 1. The minimum Gasteiger partial charge on any atom is -0.465 e. The number of nitrogens with zero attached hydrogens (tertiary/aromatic N) is 1. The highest BCUT2D eigenvalue weighted by Crippen LogP contribution is 2.24. The van der Waals surface area contributed by atoms with E-state index >= 15 is 0 Å². The van der Waals surface area contributed by atoms with Gasteiger partial charge in [0.25, 0.3) is 0 Å². The number of hydrogen-bond acceptors (Lipinski definition) is 4. The standard InChI is InChI=1S/C16H20N2O2/c1-10-6-7-11-9-12(15(19)20-5)14(17-13(11)8-10)18-16(2,3)4/h6-9H,1-5H3,(H,17,18). The molecule has 0 aliphatic heterocycles. The number of carbonyl (C=O) groups excluding carboxylic acids is 1. The van der Waals surface area contributed by atoms with Gasteiger partial charge in [0.1, 0.15) is 11.4 Å². The summed E-state index contributed by atoms with van der Waals surface area (Å²) in [5.41, 5.74) is 2.27. The summed E-state index contributed by atoms with van der Waals surface area (Å²) in [6.07, 6.45) is 0. The monoisotopic (exact) mass is 272 g/mol. The van der Waals surface area contributed by atoms with Crippen LogP contribution in [0.25, 0.3) is 10.9 Å². The van der Waals surface area contributed by atoms with Crippen LogP contribution in [0.3, 0.4) is 0 Å². The first-order valence-electron chi connectivity index (χ1n) is 6.58. The Morgan fingerprint density at radius 3 is 2.55 bits per heavy atom. The molecule has 0 bridgehead atoms. The predicted octanol–water partition coefficient (Wildman–Crippen LogP) is 3.54. The molecule has 0 unspecified atom stereocenters. The number of benzene rings is 1. The van der Waals surface area contributed by atoms with E-state index in [0.717, 1.165) is 16.5 Å². The van der Waals surface area contributed by atoms with E-state index in [2.05, 4.69) is 10.3 Å². The van der Waals surface area contributed by atoms with E-state index in [1.54, 1.807) is 0 Å². The van der Waals surface area contributed by atoms with Crippen molar-refractivity contribution in [2.45, 2.75) is 33.2 Å². The van der Waals surface area contributed by atoms with Crippen molar-refractivity contribution >= 4 is 22.7 Å². The third-order valence-electron chi connectivity index (χ3n) is 2.87. The number of ether oxygens (including phenoxy) is 1. The molecular formula is C16H20N2O2. The summed E-state index contributed by atoms with van der Waals surface area (Å²) in [4.78, 5) is 16.5. The molecule has 1 aromatic carbocycles. The third kappa shape index (κ3) is 3.07. The number of hydrogen-bond donors (Lipinski definition) is 1. The maximum Gasteiger partial charge on any atom is 0.341 e. The maximum atomic E-state index is 11.9. The molecule has 0 atom stereocenters. The van der Waals surface area contributed by atoms with Gasteiger partial charge in [-0.3, -0.25) is 0 Å². The first kappa shape index (κ1) is 14.3. The van der Waals surface area contributed by atoms with E-state index in [-0.39, 0.29) is 11.5 Å². The number of carbonyl (C=O) groups is 1. The van der Waals surface area contributed by atoms with Gasteiger partial charge in [-0.05, 0) is 45.4 Å². The van der Waals surface area contributed by atoms with Crippen LogP contribution in [0.15, 0.2) is 24.3 Å². The van der Waals surface area contributed by atoms with Crippen LogP contribution in [0.1, 0.15) is 36.7 Å². The summed E-state index contributed by atoms with van der Waals surface area (Å²) >= 11 is 0. The Morgan fingerprint density at radius 1 is 1.25 bits per heavy atom. The lowest BCUT2D eigenvalue weighted by molar-refractivity contribution is 0.0601. The first-order chi connectivity index (χ1) is 9.30. The van der Waals surface area contributed by atoms with Gasteiger partial charge in [0.2, 0.25) is 0 Å². The predicted molar refractivity (Wildman–Crippen MR) is 81.2 cm³/mol. The fraction of sp³-hybridized carbons (Fsp3) is 0.375. The molecule has 2 rings (SSSR count). The molecule has 106 valence electrons. The minimum atomic E-state index is -0.383. The summed E-state index contributed by atoms with van der Waals surface area (Å²) in [5.74, 6) is 0.175. The molecule has 1 aromatic heterocycles. The number of aryl methyl sites for hydroxylation is 1. The smallest absolute Gasteiger partial charge is 0.341 e. The second-order valence-electron chi connectivity index (χ2n) is 5.95. The van der Waals surface area contributed by atoms with Gasteiger partial charge < -0.3 is 10.1 Å². The summed E-state index contributed by atoms with van der Waals surface area (Å²) in [6.45, 7) is 8.09. The molecular weight excluding hydrogens is 252 g/mol. The van der Waals surface area contributed by atoms with Crippen molar-refractivity contribution in [3.8, 4) is 0 Å². The highest BCUT2D eigenvalue weighted by Gasteiger charge is 2.19. The Bertz CT molecular complexity index is 657. The fourth-order valence-electron chi connectivity index (χ4n) is 1.99. The van der Waals surface area contributed by atoms with Crippen LogP contribution < -0.4 is 5.32 Å². The molecule has 4 heteroatoms. The third-order valence-corrected chi connectivity index (χ3v) is 2.87. The van der Waals surface area contributed by atoms with Gasteiger partial charge in [0.15, 0.2) is 0 Å². The number of aromatic nitrogens is 1. The molecule has 0 aliphatic rings. The molecule has 0 saturated carbocycles. The highest BCUT2D eigenvalue weighted by atomic mass is 16.5. The summed E-state index contributed by atoms with van der Waals surface area (Å²) in [6, 6.07) is 7.79. The van der Waals surface area contributed by atoms with Crippen LogP contribution in [0, 0.1) is 6.92 Å². The number of fused-ring (bicyclic) bond motifs is 1. The average molecular weight is 272 g/mol. The number of rotatable bonds is 2. The normalized spacial score (nSPS) is 11.4. The Balaban J connectivity index is 2.64. The van der Waals surface area contributed by atoms with Crippen LogP contribution in [0.4, 0.5) is 5.82 Å². The van der Waals surface area contributed by atoms with Gasteiger partial charge in [-0.2, -0.15) is 0 Å². The number of methoxy groups -OCH3 is 1. The van der Waals surface area contributed by atoms with Gasteiger partial charge in [-0.15, -0.1) is 0 Å². The molecule has 0 radical (unpaired) electrons. The van der Waals surface area contributed by atoms with Gasteiger partial charge in [0.05, 0.1) is 12.6 Å². The van der Waals surface area contributed by atoms with Gasteiger partial charge in [-0.25, -0.2) is 9.78 Å². The van der Waals surface area contributed by atoms with E-state index in [0.29, 0.717) is 11.4 Å². The van der Waals surface area contributed by atoms with E-state index in [1.807, 2.05) is 52.0 Å². The molecule has 1 heterocycles. The maximum absolute atomic E-state index is 11.9. The number of nitrogens with one attached hydrogen (secondary N) is 1. The van der Waals surface area contributed by atoms with Gasteiger partial charge >= 0.3 is 5.97 Å². The van der Waals surface area contributed by atoms with Crippen molar-refractivity contribution in [2.24, 2.45) is 0 Å². The highest BCUT2D eigenvalue weighted by molar-refractivity contribution is 5.99. The topological polar surface area (TPSA) is 51.2 Å². The second kappa shape index (κ2) is 5.12. The SMILES string of the molecule is COC(=O)c1cc2ccc(C)cc2nc1NC(C)(C)C. The van der Waals surface area contributed by atoms with E-state index < -0.39 is 0 Å². The lowest BCUT2D eigenvalue weighted by Crippen LogP contribution is -2.28. The van der Waals surface area contributed by atoms with Crippen LogP contribution in [-0.4, -0.2) is 23.6 Å². The molecule has 4 nitrogen and oxygen atoms in total. The lowest BCUT2D eigenvalue weighted by Gasteiger charge is -2.23. The summed E-state index contributed by atoms with van der Waals surface area (Å²) < 4.78 is 4.85. The van der Waals surface area contributed by atoms with Crippen LogP contribution in [-0.2, 0) is 4.74 Å². The van der Waals surface area contributed by atoms with Crippen molar-refractivity contribution in [3.05, 3.63) is 35.4 Å². The Labute approximate surface area is 119 Å². The zero-order chi connectivity index (χ0) is 14.9. The molecule has 0 spiro atoms. The minimum absolute atomic E-state index is 0.187. The zero-order valence-electron chi connectivity index (χ0n) is 12.6. The average Bonchev–Trinajstić information content (AvgIpc) is 2.35. The molecule has 1 N–H and O–H groups in total. The molecule has 0 saturated heterocycles. The second-order valence-corrected chi connectivity index (χ2v) is 5.95. The molecule has 2 aromatic rings. The molecule has 0 aliphatic carbocycles.